The Morgan fingerprint density at radius 3 is 2.48 bits per heavy atom. The number of hydrogen-bond acceptors (Lipinski definition) is 2. The first-order valence-electron chi connectivity index (χ1n) is 8.12. The number of nitrogens with one attached hydrogen (secondary N) is 1. The van der Waals surface area contributed by atoms with E-state index in [1.165, 1.54) is 0 Å². The van der Waals surface area contributed by atoms with E-state index in [9.17, 15) is 4.79 Å². The van der Waals surface area contributed by atoms with Crippen molar-refractivity contribution in [2.75, 3.05) is 5.32 Å². The van der Waals surface area contributed by atoms with Gasteiger partial charge < -0.3 is 5.32 Å². The summed E-state index contributed by atoms with van der Waals surface area (Å²) < 4.78 is 0.974. The number of amides is 1. The zero-order valence-corrected chi connectivity index (χ0v) is 15.7. The molecule has 3 nitrogen and oxygen atoms in total. The fourth-order valence-corrected chi connectivity index (χ4v) is 3.07. The van der Waals surface area contributed by atoms with Gasteiger partial charge in [0.05, 0.1) is 5.92 Å². The Kier molecular flexibility index (Phi) is 5.29. The van der Waals surface area contributed by atoms with Crippen LogP contribution in [0.1, 0.15) is 24.1 Å². The average molecular weight is 395 g/mol. The molecule has 0 aliphatic carbocycles. The molecular formula is C21H19BrN2O. The quantitative estimate of drug-likeness (QED) is 0.628. The number of hydrogen-bond donors (Lipinski definition) is 1. The average Bonchev–Trinajstić information content (AvgIpc) is 2.61. The van der Waals surface area contributed by atoms with Crippen LogP contribution in [-0.4, -0.2) is 10.9 Å². The topological polar surface area (TPSA) is 42.0 Å². The number of carbonyl (C=O) groups is 1. The van der Waals surface area contributed by atoms with E-state index in [4.69, 9.17) is 0 Å². The Labute approximate surface area is 156 Å². The van der Waals surface area contributed by atoms with E-state index in [1.54, 1.807) is 6.20 Å². The number of carbonyl (C=O) groups excluding carboxylic acids is 1. The number of nitrogens with zero attached hydrogens (tertiary/aromatic N) is 1. The van der Waals surface area contributed by atoms with Gasteiger partial charge in [0.15, 0.2) is 0 Å². The number of pyridine rings is 1. The van der Waals surface area contributed by atoms with Gasteiger partial charge in [0.25, 0.3) is 0 Å². The Morgan fingerprint density at radius 2 is 1.80 bits per heavy atom. The molecule has 1 aromatic heterocycles. The van der Waals surface area contributed by atoms with Crippen LogP contribution >= 0.6 is 15.9 Å². The minimum atomic E-state index is -0.222. The second-order valence-electron chi connectivity index (χ2n) is 6.03. The molecule has 2 aromatic carbocycles. The van der Waals surface area contributed by atoms with Crippen LogP contribution in [0.3, 0.4) is 0 Å². The Balaban J connectivity index is 1.72. The predicted molar refractivity (Wildman–Crippen MR) is 106 cm³/mol. The smallest absolute Gasteiger partial charge is 0.231 e. The fourth-order valence-electron chi connectivity index (χ4n) is 2.65. The Bertz CT molecular complexity index is 890. The molecule has 3 rings (SSSR count). The fraction of sp³-hybridized carbons (Fsp3) is 0.143. The molecule has 0 aliphatic rings. The van der Waals surface area contributed by atoms with E-state index in [1.807, 2.05) is 74.5 Å². The lowest BCUT2D eigenvalue weighted by molar-refractivity contribution is -0.117. The molecule has 1 atom stereocenters. The summed E-state index contributed by atoms with van der Waals surface area (Å²) in [6.07, 6.45) is 1.81. The van der Waals surface area contributed by atoms with E-state index in [0.717, 1.165) is 32.5 Å². The molecule has 0 saturated carbocycles. The lowest BCUT2D eigenvalue weighted by atomic mass is 10.0. The summed E-state index contributed by atoms with van der Waals surface area (Å²) in [5.74, 6) is -0.245. The van der Waals surface area contributed by atoms with Crippen LogP contribution in [-0.2, 0) is 4.79 Å². The van der Waals surface area contributed by atoms with Crippen molar-refractivity contribution in [3.63, 3.8) is 0 Å². The van der Waals surface area contributed by atoms with Gasteiger partial charge in [-0.05, 0) is 66.9 Å². The summed E-state index contributed by atoms with van der Waals surface area (Å²) in [6, 6.07) is 19.7. The highest BCUT2D eigenvalue weighted by Gasteiger charge is 2.15. The van der Waals surface area contributed by atoms with Crippen LogP contribution in [0, 0.1) is 6.92 Å². The minimum Gasteiger partial charge on any atom is -0.326 e. The summed E-state index contributed by atoms with van der Waals surface area (Å²) in [5, 5.41) is 2.98. The van der Waals surface area contributed by atoms with Gasteiger partial charge in [0.1, 0.15) is 0 Å². The Morgan fingerprint density at radius 1 is 1.04 bits per heavy atom. The van der Waals surface area contributed by atoms with E-state index in [2.05, 4.69) is 26.2 Å². The Hall–Kier alpha value is -2.46. The summed E-state index contributed by atoms with van der Waals surface area (Å²) >= 11 is 3.45. The van der Waals surface area contributed by atoms with Crippen molar-refractivity contribution >= 4 is 27.5 Å². The van der Waals surface area contributed by atoms with Crippen LogP contribution in [0.4, 0.5) is 5.69 Å². The molecule has 126 valence electrons. The molecule has 0 fully saturated rings. The van der Waals surface area contributed by atoms with Gasteiger partial charge in [-0.3, -0.25) is 9.78 Å². The van der Waals surface area contributed by atoms with E-state index >= 15 is 0 Å². The van der Waals surface area contributed by atoms with Crippen molar-refractivity contribution in [1.29, 1.82) is 0 Å². The zero-order chi connectivity index (χ0) is 17.8. The third-order valence-corrected chi connectivity index (χ3v) is 4.62. The lowest BCUT2D eigenvalue weighted by Crippen LogP contribution is -2.18. The van der Waals surface area contributed by atoms with Crippen LogP contribution in [0.25, 0.3) is 11.1 Å². The molecule has 1 N–H and O–H groups in total. The third-order valence-electron chi connectivity index (χ3n) is 4.12. The van der Waals surface area contributed by atoms with Crippen molar-refractivity contribution in [2.45, 2.75) is 19.8 Å². The van der Waals surface area contributed by atoms with Crippen molar-refractivity contribution in [3.05, 3.63) is 82.6 Å². The maximum Gasteiger partial charge on any atom is 0.231 e. The van der Waals surface area contributed by atoms with E-state index in [0.29, 0.717) is 0 Å². The van der Waals surface area contributed by atoms with E-state index in [-0.39, 0.29) is 11.8 Å². The molecule has 0 aliphatic heterocycles. The van der Waals surface area contributed by atoms with Gasteiger partial charge in [0.2, 0.25) is 5.91 Å². The SMILES string of the molecule is Cc1cc(-c2ccc(NC(=O)[C@@H](C)c3cccc(Br)c3)cc2)ccn1. The number of aromatic nitrogens is 1. The molecule has 25 heavy (non-hydrogen) atoms. The first-order chi connectivity index (χ1) is 12.0. The molecule has 1 heterocycles. The maximum atomic E-state index is 12.5. The lowest BCUT2D eigenvalue weighted by Gasteiger charge is -2.13. The molecule has 0 saturated heterocycles. The van der Waals surface area contributed by atoms with Gasteiger partial charge in [0, 0.05) is 22.1 Å². The summed E-state index contributed by atoms with van der Waals surface area (Å²) in [7, 11) is 0. The van der Waals surface area contributed by atoms with Crippen LogP contribution < -0.4 is 5.32 Å². The molecule has 0 unspecified atom stereocenters. The van der Waals surface area contributed by atoms with E-state index < -0.39 is 0 Å². The molecular weight excluding hydrogens is 376 g/mol. The molecule has 4 heteroatoms. The second-order valence-corrected chi connectivity index (χ2v) is 6.94. The highest BCUT2D eigenvalue weighted by Crippen LogP contribution is 2.24. The van der Waals surface area contributed by atoms with Crippen molar-refractivity contribution in [1.82, 2.24) is 4.98 Å². The normalized spacial score (nSPS) is 11.8. The summed E-state index contributed by atoms with van der Waals surface area (Å²) in [6.45, 7) is 3.88. The standard InChI is InChI=1S/C21H19BrN2O/c1-14-12-18(10-11-23-14)16-6-8-20(9-7-16)24-21(25)15(2)17-4-3-5-19(22)13-17/h3-13,15H,1-2H3,(H,24,25)/t15-/m0/s1. The van der Waals surface area contributed by atoms with Gasteiger partial charge in [-0.1, -0.05) is 40.2 Å². The molecule has 0 bridgehead atoms. The number of anilines is 1. The van der Waals surface area contributed by atoms with Crippen molar-refractivity contribution in [3.8, 4) is 11.1 Å². The van der Waals surface area contributed by atoms with Crippen molar-refractivity contribution < 1.29 is 4.79 Å². The first kappa shape index (κ1) is 17.4. The van der Waals surface area contributed by atoms with Gasteiger partial charge in [-0.15, -0.1) is 0 Å². The monoisotopic (exact) mass is 394 g/mol. The summed E-state index contributed by atoms with van der Waals surface area (Å²) in [5.41, 5.74) is 4.98. The number of rotatable bonds is 4. The largest absolute Gasteiger partial charge is 0.326 e. The number of halogens is 1. The maximum absolute atomic E-state index is 12.5. The zero-order valence-electron chi connectivity index (χ0n) is 14.2. The second kappa shape index (κ2) is 7.62. The van der Waals surface area contributed by atoms with Crippen LogP contribution in [0.5, 0.6) is 0 Å². The van der Waals surface area contributed by atoms with Crippen molar-refractivity contribution in [2.24, 2.45) is 0 Å². The minimum absolute atomic E-state index is 0.0226. The summed E-state index contributed by atoms with van der Waals surface area (Å²) in [4.78, 5) is 16.7. The number of aryl methyl sites for hydroxylation is 1. The van der Waals surface area contributed by atoms with Gasteiger partial charge >= 0.3 is 0 Å². The highest BCUT2D eigenvalue weighted by molar-refractivity contribution is 9.10. The highest BCUT2D eigenvalue weighted by atomic mass is 79.9. The molecule has 0 radical (unpaired) electrons. The molecule has 1 amide bonds. The van der Waals surface area contributed by atoms with Crippen LogP contribution in [0.2, 0.25) is 0 Å². The number of benzene rings is 2. The molecule has 3 aromatic rings. The molecule has 0 spiro atoms. The third kappa shape index (κ3) is 4.34. The first-order valence-corrected chi connectivity index (χ1v) is 8.91. The predicted octanol–water partition coefficient (Wildman–Crippen LogP) is 5.56. The van der Waals surface area contributed by atoms with Gasteiger partial charge in [-0.2, -0.15) is 0 Å². The van der Waals surface area contributed by atoms with Gasteiger partial charge in [-0.25, -0.2) is 0 Å². The van der Waals surface area contributed by atoms with Crippen LogP contribution in [0.15, 0.2) is 71.3 Å².